The second-order valence-corrected chi connectivity index (χ2v) is 9.33. The van der Waals surface area contributed by atoms with Crippen molar-refractivity contribution in [1.29, 1.82) is 0 Å². The maximum atomic E-state index is 13.3. The van der Waals surface area contributed by atoms with E-state index in [9.17, 15) is 9.90 Å². The van der Waals surface area contributed by atoms with E-state index in [-0.39, 0.29) is 11.5 Å². The summed E-state index contributed by atoms with van der Waals surface area (Å²) in [6, 6.07) is 7.06. The van der Waals surface area contributed by atoms with E-state index in [0.717, 1.165) is 5.56 Å². The molecule has 0 amide bonds. The fraction of sp³-hybridized carbons (Fsp3) is 0.429. The second kappa shape index (κ2) is 5.80. The minimum atomic E-state index is -1.43. The zero-order valence-electron chi connectivity index (χ0n) is 16.0. The Kier molecular flexibility index (Phi) is 4.21. The van der Waals surface area contributed by atoms with Crippen LogP contribution in [0.25, 0.3) is 11.3 Å². The van der Waals surface area contributed by atoms with E-state index in [1.807, 2.05) is 41.5 Å². The van der Waals surface area contributed by atoms with Gasteiger partial charge in [0.25, 0.3) is 0 Å². The van der Waals surface area contributed by atoms with E-state index in [1.54, 1.807) is 30.3 Å². The van der Waals surface area contributed by atoms with Gasteiger partial charge in [0, 0.05) is 21.6 Å². The summed E-state index contributed by atoms with van der Waals surface area (Å²) >= 11 is 5.97. The molecule has 1 aliphatic carbocycles. The van der Waals surface area contributed by atoms with Gasteiger partial charge in [0.2, 0.25) is 0 Å². The van der Waals surface area contributed by atoms with Crippen LogP contribution in [0.5, 0.6) is 0 Å². The quantitative estimate of drug-likeness (QED) is 0.727. The number of nitrogens with zero attached hydrogens (tertiary/aromatic N) is 1. The van der Waals surface area contributed by atoms with Crippen molar-refractivity contribution in [2.24, 2.45) is 10.8 Å². The Bertz CT molecular complexity index is 895. The van der Waals surface area contributed by atoms with Gasteiger partial charge in [0.1, 0.15) is 11.3 Å². The molecule has 26 heavy (non-hydrogen) atoms. The first-order chi connectivity index (χ1) is 11.9. The van der Waals surface area contributed by atoms with Gasteiger partial charge in [-0.3, -0.25) is 4.79 Å². The summed E-state index contributed by atoms with van der Waals surface area (Å²) < 4.78 is 5.55. The van der Waals surface area contributed by atoms with Gasteiger partial charge in [-0.15, -0.1) is 0 Å². The Morgan fingerprint density at radius 2 is 1.65 bits per heavy atom. The van der Waals surface area contributed by atoms with Crippen LogP contribution in [0.1, 0.15) is 57.7 Å². The first-order valence-electron chi connectivity index (χ1n) is 8.63. The van der Waals surface area contributed by atoms with E-state index in [1.165, 1.54) is 0 Å². The molecule has 1 aromatic heterocycles. The molecule has 0 bridgehead atoms. The summed E-state index contributed by atoms with van der Waals surface area (Å²) in [4.78, 5) is 13.3. The second-order valence-electron chi connectivity index (χ2n) is 8.90. The van der Waals surface area contributed by atoms with Crippen LogP contribution in [0.4, 0.5) is 0 Å². The molecule has 1 heterocycles. The maximum absolute atomic E-state index is 13.3. The van der Waals surface area contributed by atoms with Crippen LogP contribution in [-0.2, 0) is 5.60 Å². The molecular formula is C21H24ClNO3. The number of hydrogen-bond acceptors (Lipinski definition) is 4. The third-order valence-electron chi connectivity index (χ3n) is 4.93. The number of hydrogen-bond donors (Lipinski definition) is 1. The first-order valence-corrected chi connectivity index (χ1v) is 9.00. The van der Waals surface area contributed by atoms with Gasteiger partial charge in [-0.2, -0.15) is 0 Å². The summed E-state index contributed by atoms with van der Waals surface area (Å²) in [6.45, 7) is 11.6. The van der Waals surface area contributed by atoms with Crippen molar-refractivity contribution in [1.82, 2.24) is 5.16 Å². The highest BCUT2D eigenvalue weighted by Gasteiger charge is 2.52. The molecule has 0 fully saturated rings. The van der Waals surface area contributed by atoms with Gasteiger partial charge < -0.3 is 9.63 Å². The van der Waals surface area contributed by atoms with Crippen LogP contribution in [0.2, 0.25) is 5.02 Å². The van der Waals surface area contributed by atoms with Crippen molar-refractivity contribution in [2.45, 2.75) is 47.1 Å². The number of aromatic nitrogens is 1. The van der Waals surface area contributed by atoms with Crippen LogP contribution in [0, 0.1) is 10.8 Å². The minimum absolute atomic E-state index is 0.160. The molecule has 0 aliphatic heterocycles. The lowest BCUT2D eigenvalue weighted by molar-refractivity contribution is -0.0430. The highest BCUT2D eigenvalue weighted by Crippen LogP contribution is 2.50. The van der Waals surface area contributed by atoms with Crippen LogP contribution < -0.4 is 0 Å². The van der Waals surface area contributed by atoms with Gasteiger partial charge in [-0.1, -0.05) is 70.4 Å². The van der Waals surface area contributed by atoms with Gasteiger partial charge in [-0.05, 0) is 23.6 Å². The van der Waals surface area contributed by atoms with Crippen LogP contribution >= 0.6 is 11.6 Å². The fourth-order valence-electron chi connectivity index (χ4n) is 3.15. The molecule has 1 aromatic carbocycles. The van der Waals surface area contributed by atoms with E-state index in [2.05, 4.69) is 5.16 Å². The lowest BCUT2D eigenvalue weighted by Crippen LogP contribution is -2.43. The number of fused-ring (bicyclic) bond motifs is 1. The molecule has 1 aliphatic rings. The molecule has 138 valence electrons. The smallest absolute Gasteiger partial charge is 0.195 e. The zero-order chi connectivity index (χ0) is 19.5. The first kappa shape index (κ1) is 18.9. The van der Waals surface area contributed by atoms with E-state index in [4.69, 9.17) is 16.1 Å². The van der Waals surface area contributed by atoms with Crippen molar-refractivity contribution in [3.05, 3.63) is 52.3 Å². The molecule has 2 aromatic rings. The topological polar surface area (TPSA) is 63.3 Å². The molecule has 0 spiro atoms. The third-order valence-corrected chi connectivity index (χ3v) is 5.18. The van der Waals surface area contributed by atoms with Crippen molar-refractivity contribution in [2.75, 3.05) is 0 Å². The monoisotopic (exact) mass is 373 g/mol. The number of carbonyl (C=O) groups is 1. The Balaban J connectivity index is 2.30. The van der Waals surface area contributed by atoms with Gasteiger partial charge >= 0.3 is 0 Å². The van der Waals surface area contributed by atoms with E-state index >= 15 is 0 Å². The lowest BCUT2D eigenvalue weighted by Gasteiger charge is -2.40. The van der Waals surface area contributed by atoms with Crippen molar-refractivity contribution < 1.29 is 14.4 Å². The fourth-order valence-corrected chi connectivity index (χ4v) is 3.28. The highest BCUT2D eigenvalue weighted by molar-refractivity contribution is 6.30. The van der Waals surface area contributed by atoms with Gasteiger partial charge in [-0.25, -0.2) is 0 Å². The number of benzene rings is 1. The predicted molar refractivity (Wildman–Crippen MR) is 102 cm³/mol. The number of aliphatic hydroxyl groups is 1. The summed E-state index contributed by atoms with van der Waals surface area (Å²) in [6.07, 6.45) is 1.65. The average Bonchev–Trinajstić information content (AvgIpc) is 2.95. The number of Topliss-reactive ketones (excluding diaryl/α,β-unsaturated/α-hetero) is 1. The molecule has 1 unspecified atom stereocenters. The standard InChI is InChI=1S/C21H24ClNO3/c1-19(2,3)14-11-21(25,20(4,5)6)18-15(17(14)24)16(23-26-18)12-7-9-13(22)10-8-12/h7-11,25H,1-6H3. The highest BCUT2D eigenvalue weighted by atomic mass is 35.5. The SMILES string of the molecule is CC(C)(C)C1=CC(O)(C(C)(C)C)c2onc(-c3ccc(Cl)cc3)c2C1=O. The van der Waals surface area contributed by atoms with Crippen LogP contribution in [0.15, 0.2) is 40.4 Å². The van der Waals surface area contributed by atoms with Crippen LogP contribution in [0.3, 0.4) is 0 Å². The van der Waals surface area contributed by atoms with Crippen LogP contribution in [-0.4, -0.2) is 16.0 Å². The largest absolute Gasteiger partial charge is 0.377 e. The van der Waals surface area contributed by atoms with E-state index in [0.29, 0.717) is 21.9 Å². The van der Waals surface area contributed by atoms with Gasteiger partial charge in [0.05, 0.1) is 5.56 Å². The summed E-state index contributed by atoms with van der Waals surface area (Å²) in [7, 11) is 0. The predicted octanol–water partition coefficient (Wildman–Crippen LogP) is 5.40. The summed E-state index contributed by atoms with van der Waals surface area (Å²) in [5.74, 6) is 0.0422. The van der Waals surface area contributed by atoms with Crippen molar-refractivity contribution in [3.63, 3.8) is 0 Å². The zero-order valence-corrected chi connectivity index (χ0v) is 16.7. The lowest BCUT2D eigenvalue weighted by atomic mass is 9.66. The normalized spacial score (nSPS) is 20.8. The van der Waals surface area contributed by atoms with Crippen molar-refractivity contribution in [3.8, 4) is 11.3 Å². The number of allylic oxidation sites excluding steroid dienone is 1. The Hall–Kier alpha value is -1.91. The number of halogens is 1. The van der Waals surface area contributed by atoms with Crippen molar-refractivity contribution >= 4 is 17.4 Å². The third kappa shape index (κ3) is 2.81. The Morgan fingerprint density at radius 3 is 2.15 bits per heavy atom. The Labute approximate surface area is 158 Å². The molecule has 1 atom stereocenters. The van der Waals surface area contributed by atoms with E-state index < -0.39 is 16.4 Å². The molecule has 1 N–H and O–H groups in total. The minimum Gasteiger partial charge on any atom is -0.377 e. The molecule has 3 rings (SSSR count). The number of carbonyl (C=O) groups excluding carboxylic acids is 1. The number of ketones is 1. The average molecular weight is 374 g/mol. The molecule has 0 saturated carbocycles. The maximum Gasteiger partial charge on any atom is 0.195 e. The summed E-state index contributed by atoms with van der Waals surface area (Å²) in [5, 5.41) is 16.3. The molecule has 5 heteroatoms. The molecule has 0 saturated heterocycles. The van der Waals surface area contributed by atoms with Gasteiger partial charge in [0.15, 0.2) is 11.5 Å². The summed E-state index contributed by atoms with van der Waals surface area (Å²) in [5.41, 5.74) is -0.411. The molecule has 0 radical (unpaired) electrons. The molecule has 4 nitrogen and oxygen atoms in total. The Morgan fingerprint density at radius 1 is 1.08 bits per heavy atom. The number of rotatable bonds is 1. The molecular weight excluding hydrogens is 350 g/mol.